The van der Waals surface area contributed by atoms with E-state index >= 15 is 0 Å². The summed E-state index contributed by atoms with van der Waals surface area (Å²) in [6, 6.07) is 10.7. The second kappa shape index (κ2) is 7.53. The SMILES string of the molecule is C/C(O)=C(\C(=N)CC#N)C(=O)Nc1c(C)n(C)n(-c2ccccc2)c1=O. The number of nitrogens with one attached hydrogen (secondary N) is 2. The second-order valence-corrected chi connectivity index (χ2v) is 5.66. The molecule has 1 aromatic carbocycles. The van der Waals surface area contributed by atoms with Gasteiger partial charge in [-0.2, -0.15) is 5.26 Å². The summed E-state index contributed by atoms with van der Waals surface area (Å²) >= 11 is 0. The van der Waals surface area contributed by atoms with Crippen molar-refractivity contribution in [3.8, 4) is 11.8 Å². The molecule has 1 aromatic heterocycles. The lowest BCUT2D eigenvalue weighted by molar-refractivity contribution is -0.112. The summed E-state index contributed by atoms with van der Waals surface area (Å²) in [5.41, 5.74) is 0.113. The monoisotopic (exact) mass is 353 g/mol. The summed E-state index contributed by atoms with van der Waals surface area (Å²) in [4.78, 5) is 25.3. The lowest BCUT2D eigenvalue weighted by Crippen LogP contribution is -2.26. The molecule has 0 aliphatic rings. The highest BCUT2D eigenvalue weighted by Gasteiger charge is 2.23. The van der Waals surface area contributed by atoms with Crippen molar-refractivity contribution in [2.45, 2.75) is 20.3 Å². The highest BCUT2D eigenvalue weighted by atomic mass is 16.3. The molecule has 0 spiro atoms. The van der Waals surface area contributed by atoms with Crippen LogP contribution in [-0.2, 0) is 11.8 Å². The number of carbonyl (C=O) groups is 1. The first-order valence-corrected chi connectivity index (χ1v) is 7.79. The fourth-order valence-electron chi connectivity index (χ4n) is 2.58. The van der Waals surface area contributed by atoms with Crippen molar-refractivity contribution < 1.29 is 9.90 Å². The standard InChI is InChI=1S/C18H19N5O3/c1-11-16(21-17(25)15(12(2)24)14(20)9-10-19)18(26)23(22(11)3)13-7-5-4-6-8-13/h4-8,20,24H,9H2,1-3H3,(H,21,25)/b15-12-,20-14?. The molecule has 1 amide bonds. The van der Waals surface area contributed by atoms with E-state index in [1.807, 2.05) is 6.07 Å². The first-order valence-electron chi connectivity index (χ1n) is 7.79. The first kappa shape index (κ1) is 18.7. The summed E-state index contributed by atoms with van der Waals surface area (Å²) in [6.07, 6.45) is -0.331. The number of carbonyl (C=O) groups excluding carboxylic acids is 1. The van der Waals surface area contributed by atoms with Gasteiger partial charge in [0, 0.05) is 7.05 Å². The molecule has 0 unspecified atom stereocenters. The van der Waals surface area contributed by atoms with Crippen LogP contribution in [0.5, 0.6) is 0 Å². The number of nitrogens with zero attached hydrogens (tertiary/aromatic N) is 3. The zero-order valence-electron chi connectivity index (χ0n) is 14.7. The topological polar surface area (TPSA) is 124 Å². The Morgan fingerprint density at radius 2 is 1.96 bits per heavy atom. The molecule has 2 rings (SSSR count). The summed E-state index contributed by atoms with van der Waals surface area (Å²) < 4.78 is 3.00. The average molecular weight is 353 g/mol. The molecule has 3 N–H and O–H groups in total. The number of aromatic nitrogens is 2. The van der Waals surface area contributed by atoms with Gasteiger partial charge in [-0.25, -0.2) is 4.68 Å². The second-order valence-electron chi connectivity index (χ2n) is 5.66. The van der Waals surface area contributed by atoms with Crippen LogP contribution in [0.3, 0.4) is 0 Å². The third kappa shape index (κ3) is 3.42. The van der Waals surface area contributed by atoms with Crippen LogP contribution in [0.15, 0.2) is 46.5 Å². The number of benzene rings is 1. The molecule has 0 bridgehead atoms. The zero-order chi connectivity index (χ0) is 19.4. The molecule has 1 heterocycles. The van der Waals surface area contributed by atoms with Crippen molar-refractivity contribution >= 4 is 17.3 Å². The Kier molecular flexibility index (Phi) is 5.42. The molecule has 0 saturated heterocycles. The van der Waals surface area contributed by atoms with Crippen LogP contribution in [0.2, 0.25) is 0 Å². The van der Waals surface area contributed by atoms with Gasteiger partial charge in [0.05, 0.1) is 35.2 Å². The van der Waals surface area contributed by atoms with Gasteiger partial charge in [0.15, 0.2) is 0 Å². The summed E-state index contributed by atoms with van der Waals surface area (Å²) in [6.45, 7) is 2.92. The minimum Gasteiger partial charge on any atom is -0.512 e. The number of aliphatic hydroxyl groups excluding tert-OH is 1. The molecule has 0 atom stereocenters. The average Bonchev–Trinajstić information content (AvgIpc) is 2.79. The Bertz CT molecular complexity index is 986. The minimum absolute atomic E-state index is 0.0462. The molecule has 0 saturated carbocycles. The number of hydrogen-bond acceptors (Lipinski definition) is 5. The van der Waals surface area contributed by atoms with Gasteiger partial charge in [-0.05, 0) is 26.0 Å². The summed E-state index contributed by atoms with van der Waals surface area (Å²) in [5.74, 6) is -1.20. The number of aliphatic hydroxyl groups is 1. The Balaban J connectivity index is 2.47. The molecule has 8 nitrogen and oxygen atoms in total. The highest BCUT2D eigenvalue weighted by Crippen LogP contribution is 2.16. The van der Waals surface area contributed by atoms with Crippen molar-refractivity contribution in [2.24, 2.45) is 7.05 Å². The van der Waals surface area contributed by atoms with E-state index in [1.165, 1.54) is 11.6 Å². The molecule has 0 radical (unpaired) electrons. The van der Waals surface area contributed by atoms with Gasteiger partial charge in [0.1, 0.15) is 11.4 Å². The molecule has 0 aliphatic heterocycles. The predicted octanol–water partition coefficient (Wildman–Crippen LogP) is 2.19. The Labute approximate surface area is 150 Å². The third-order valence-corrected chi connectivity index (χ3v) is 3.94. The lowest BCUT2D eigenvalue weighted by atomic mass is 10.1. The number of nitriles is 1. The van der Waals surface area contributed by atoms with Crippen molar-refractivity contribution in [1.29, 1.82) is 10.7 Å². The molecule has 0 fully saturated rings. The van der Waals surface area contributed by atoms with Gasteiger partial charge in [-0.15, -0.1) is 0 Å². The van der Waals surface area contributed by atoms with Crippen LogP contribution in [0, 0.1) is 23.7 Å². The Morgan fingerprint density at radius 1 is 1.35 bits per heavy atom. The van der Waals surface area contributed by atoms with Gasteiger partial charge in [0.2, 0.25) is 0 Å². The number of allylic oxidation sites excluding steroid dienone is 1. The maximum atomic E-state index is 12.8. The smallest absolute Gasteiger partial charge is 0.295 e. The number of hydrogen-bond donors (Lipinski definition) is 3. The molecule has 2 aromatic rings. The van der Waals surface area contributed by atoms with E-state index in [2.05, 4.69) is 5.32 Å². The van der Waals surface area contributed by atoms with Crippen LogP contribution in [0.1, 0.15) is 19.0 Å². The fraction of sp³-hybridized carbons (Fsp3) is 0.222. The van der Waals surface area contributed by atoms with Gasteiger partial charge in [-0.3, -0.25) is 14.3 Å². The lowest BCUT2D eigenvalue weighted by Gasteiger charge is -2.08. The molecular formula is C18H19N5O3. The number of amides is 1. The molecule has 26 heavy (non-hydrogen) atoms. The third-order valence-electron chi connectivity index (χ3n) is 3.94. The largest absolute Gasteiger partial charge is 0.512 e. The van der Waals surface area contributed by atoms with Crippen LogP contribution < -0.4 is 10.9 Å². The van der Waals surface area contributed by atoms with E-state index in [0.717, 1.165) is 0 Å². The van der Waals surface area contributed by atoms with Crippen molar-refractivity contribution in [3.63, 3.8) is 0 Å². The maximum Gasteiger partial charge on any atom is 0.295 e. The Morgan fingerprint density at radius 3 is 2.50 bits per heavy atom. The number of anilines is 1. The van der Waals surface area contributed by atoms with Crippen LogP contribution in [0.4, 0.5) is 5.69 Å². The fourth-order valence-corrected chi connectivity index (χ4v) is 2.58. The van der Waals surface area contributed by atoms with E-state index in [0.29, 0.717) is 11.4 Å². The van der Waals surface area contributed by atoms with E-state index < -0.39 is 11.5 Å². The normalized spacial score (nSPS) is 11.5. The highest BCUT2D eigenvalue weighted by molar-refractivity contribution is 6.25. The van der Waals surface area contributed by atoms with Crippen LogP contribution in [-0.4, -0.2) is 26.1 Å². The summed E-state index contributed by atoms with van der Waals surface area (Å²) in [5, 5.41) is 28.7. The van der Waals surface area contributed by atoms with E-state index in [4.69, 9.17) is 10.7 Å². The molecular weight excluding hydrogens is 334 g/mol. The molecule has 0 aliphatic carbocycles. The molecule has 8 heteroatoms. The van der Waals surface area contributed by atoms with Gasteiger partial charge >= 0.3 is 0 Å². The van der Waals surface area contributed by atoms with Gasteiger partial charge in [0.25, 0.3) is 11.5 Å². The van der Waals surface area contributed by atoms with Crippen molar-refractivity contribution in [1.82, 2.24) is 9.36 Å². The Hall–Kier alpha value is -3.60. The van der Waals surface area contributed by atoms with Gasteiger partial charge < -0.3 is 15.8 Å². The van der Waals surface area contributed by atoms with E-state index in [9.17, 15) is 14.7 Å². The van der Waals surface area contributed by atoms with Gasteiger partial charge in [-0.1, -0.05) is 18.2 Å². The van der Waals surface area contributed by atoms with Crippen LogP contribution >= 0.6 is 0 Å². The maximum absolute atomic E-state index is 12.8. The van der Waals surface area contributed by atoms with E-state index in [1.54, 1.807) is 49.0 Å². The first-order chi connectivity index (χ1) is 12.3. The quantitative estimate of drug-likeness (QED) is 0.433. The van der Waals surface area contributed by atoms with E-state index in [-0.39, 0.29) is 29.2 Å². The minimum atomic E-state index is -0.809. The number of rotatable bonds is 5. The summed E-state index contributed by atoms with van der Waals surface area (Å²) in [7, 11) is 1.69. The zero-order valence-corrected chi connectivity index (χ0v) is 14.7. The number of para-hydroxylation sites is 1. The molecule has 134 valence electrons. The van der Waals surface area contributed by atoms with Crippen LogP contribution in [0.25, 0.3) is 5.69 Å². The van der Waals surface area contributed by atoms with Crippen molar-refractivity contribution in [3.05, 3.63) is 57.7 Å². The van der Waals surface area contributed by atoms with Crippen molar-refractivity contribution in [2.75, 3.05) is 5.32 Å². The predicted molar refractivity (Wildman–Crippen MR) is 97.7 cm³/mol.